The summed E-state index contributed by atoms with van der Waals surface area (Å²) >= 11 is 1.71. The Kier molecular flexibility index (Phi) is 7.94. The molecule has 1 aliphatic rings. The number of likely N-dealkylation sites (N-methyl/N-ethyl adjacent to an activating group) is 1. The number of hydrogen-bond donors (Lipinski definition) is 2. The van der Waals surface area contributed by atoms with Crippen molar-refractivity contribution in [2.24, 2.45) is 4.99 Å². The fourth-order valence-corrected chi connectivity index (χ4v) is 3.61. The molecule has 0 amide bonds. The van der Waals surface area contributed by atoms with E-state index in [2.05, 4.69) is 56.6 Å². The first-order valence-corrected chi connectivity index (χ1v) is 9.83. The van der Waals surface area contributed by atoms with Gasteiger partial charge in [0.1, 0.15) is 5.01 Å². The Balaban J connectivity index is 1.65. The van der Waals surface area contributed by atoms with Crippen LogP contribution in [0.25, 0.3) is 0 Å². The Morgan fingerprint density at radius 1 is 1.25 bits per heavy atom. The molecule has 0 radical (unpaired) electrons. The van der Waals surface area contributed by atoms with E-state index in [1.807, 2.05) is 7.05 Å². The second kappa shape index (κ2) is 9.96. The second-order valence-corrected chi connectivity index (χ2v) is 7.39. The maximum Gasteiger partial charge on any atom is 0.191 e. The van der Waals surface area contributed by atoms with E-state index >= 15 is 0 Å². The molecule has 2 heterocycles. The van der Waals surface area contributed by atoms with Crippen LogP contribution in [0.3, 0.4) is 0 Å². The molecule has 136 valence electrons. The Morgan fingerprint density at radius 2 is 1.96 bits per heavy atom. The van der Waals surface area contributed by atoms with Crippen LogP contribution in [-0.2, 0) is 6.54 Å². The van der Waals surface area contributed by atoms with Gasteiger partial charge in [0.25, 0.3) is 0 Å². The highest BCUT2D eigenvalue weighted by Crippen LogP contribution is 2.17. The van der Waals surface area contributed by atoms with Gasteiger partial charge in [-0.1, -0.05) is 20.8 Å². The first kappa shape index (κ1) is 19.1. The average molecular weight is 353 g/mol. The van der Waals surface area contributed by atoms with E-state index in [0.717, 1.165) is 37.1 Å². The van der Waals surface area contributed by atoms with E-state index in [9.17, 15) is 0 Å². The third-order valence-corrected chi connectivity index (χ3v) is 5.29. The Hall–Kier alpha value is -1.18. The van der Waals surface area contributed by atoms with Gasteiger partial charge in [-0.05, 0) is 12.5 Å². The highest BCUT2D eigenvalue weighted by atomic mass is 32.1. The van der Waals surface area contributed by atoms with Gasteiger partial charge in [0.15, 0.2) is 5.96 Å². The standard InChI is InChI=1S/C17H32N6S/c1-5-22-8-10-23(11-9-22)7-6-19-17(18-4)20-12-16-21-15(13-24-16)14(2)3/h13-14H,5-12H2,1-4H3,(H2,18,19,20). The van der Waals surface area contributed by atoms with Crippen molar-refractivity contribution < 1.29 is 0 Å². The summed E-state index contributed by atoms with van der Waals surface area (Å²) in [5.74, 6) is 1.34. The quantitative estimate of drug-likeness (QED) is 0.576. The summed E-state index contributed by atoms with van der Waals surface area (Å²) in [4.78, 5) is 14.0. The van der Waals surface area contributed by atoms with Crippen LogP contribution in [0.2, 0.25) is 0 Å². The van der Waals surface area contributed by atoms with Crippen LogP contribution in [0.4, 0.5) is 0 Å². The van der Waals surface area contributed by atoms with E-state index < -0.39 is 0 Å². The third kappa shape index (κ3) is 6.03. The summed E-state index contributed by atoms with van der Waals surface area (Å²) in [6.07, 6.45) is 0. The van der Waals surface area contributed by atoms with Crippen molar-refractivity contribution >= 4 is 17.3 Å². The Bertz CT molecular complexity index is 505. The first-order valence-electron chi connectivity index (χ1n) is 8.96. The second-order valence-electron chi connectivity index (χ2n) is 6.45. The zero-order valence-electron chi connectivity index (χ0n) is 15.5. The summed E-state index contributed by atoms with van der Waals surface area (Å²) in [6, 6.07) is 0. The van der Waals surface area contributed by atoms with Crippen molar-refractivity contribution in [2.45, 2.75) is 33.2 Å². The number of piperazine rings is 1. The highest BCUT2D eigenvalue weighted by Gasteiger charge is 2.14. The molecular weight excluding hydrogens is 320 g/mol. The Morgan fingerprint density at radius 3 is 2.54 bits per heavy atom. The molecule has 1 aromatic rings. The molecule has 1 fully saturated rings. The summed E-state index contributed by atoms with van der Waals surface area (Å²) in [5, 5.41) is 10.0. The van der Waals surface area contributed by atoms with E-state index in [1.54, 1.807) is 11.3 Å². The molecule has 0 aliphatic carbocycles. The number of aromatic nitrogens is 1. The maximum absolute atomic E-state index is 4.65. The lowest BCUT2D eigenvalue weighted by molar-refractivity contribution is 0.139. The van der Waals surface area contributed by atoms with Crippen LogP contribution in [0.15, 0.2) is 10.4 Å². The topological polar surface area (TPSA) is 55.8 Å². The van der Waals surface area contributed by atoms with Crippen molar-refractivity contribution in [3.05, 3.63) is 16.1 Å². The molecular formula is C17H32N6S. The zero-order valence-corrected chi connectivity index (χ0v) is 16.3. The molecule has 0 bridgehead atoms. The van der Waals surface area contributed by atoms with Crippen LogP contribution in [0.1, 0.15) is 37.4 Å². The van der Waals surface area contributed by atoms with Gasteiger partial charge < -0.3 is 15.5 Å². The van der Waals surface area contributed by atoms with Crippen LogP contribution in [-0.4, -0.2) is 73.6 Å². The lowest BCUT2D eigenvalue weighted by Crippen LogP contribution is -2.49. The largest absolute Gasteiger partial charge is 0.355 e. The third-order valence-electron chi connectivity index (χ3n) is 4.42. The van der Waals surface area contributed by atoms with Crippen molar-refractivity contribution in [2.75, 3.05) is 52.9 Å². The molecule has 0 unspecified atom stereocenters. The number of guanidine groups is 1. The van der Waals surface area contributed by atoms with E-state index in [-0.39, 0.29) is 0 Å². The predicted molar refractivity (Wildman–Crippen MR) is 103 cm³/mol. The molecule has 2 N–H and O–H groups in total. The van der Waals surface area contributed by atoms with Crippen LogP contribution < -0.4 is 10.6 Å². The molecule has 2 rings (SSSR count). The lowest BCUT2D eigenvalue weighted by Gasteiger charge is -2.34. The van der Waals surface area contributed by atoms with Gasteiger partial charge in [0, 0.05) is 51.7 Å². The minimum Gasteiger partial charge on any atom is -0.355 e. The number of hydrogen-bond acceptors (Lipinski definition) is 5. The molecule has 7 heteroatoms. The molecule has 0 atom stereocenters. The molecule has 1 aromatic heterocycles. The van der Waals surface area contributed by atoms with Gasteiger partial charge in [-0.15, -0.1) is 11.3 Å². The van der Waals surface area contributed by atoms with Crippen molar-refractivity contribution in [3.8, 4) is 0 Å². The SMILES string of the molecule is CCN1CCN(CCNC(=NC)NCc2nc(C(C)C)cs2)CC1. The number of nitrogens with one attached hydrogen (secondary N) is 2. The number of thiazole rings is 1. The van der Waals surface area contributed by atoms with E-state index in [1.165, 1.54) is 31.9 Å². The van der Waals surface area contributed by atoms with E-state index in [4.69, 9.17) is 0 Å². The Labute approximate surface area is 150 Å². The highest BCUT2D eigenvalue weighted by molar-refractivity contribution is 7.09. The molecule has 6 nitrogen and oxygen atoms in total. The first-order chi connectivity index (χ1) is 11.6. The lowest BCUT2D eigenvalue weighted by atomic mass is 10.2. The molecule has 1 aliphatic heterocycles. The molecule has 1 saturated heterocycles. The predicted octanol–water partition coefficient (Wildman–Crippen LogP) is 1.57. The summed E-state index contributed by atoms with van der Waals surface area (Å²) in [7, 11) is 1.82. The summed E-state index contributed by atoms with van der Waals surface area (Å²) < 4.78 is 0. The van der Waals surface area contributed by atoms with Crippen molar-refractivity contribution in [1.29, 1.82) is 0 Å². The van der Waals surface area contributed by atoms with Gasteiger partial charge in [0.2, 0.25) is 0 Å². The maximum atomic E-state index is 4.65. The smallest absolute Gasteiger partial charge is 0.191 e. The van der Waals surface area contributed by atoms with Gasteiger partial charge in [-0.2, -0.15) is 0 Å². The van der Waals surface area contributed by atoms with Gasteiger partial charge in [-0.25, -0.2) is 4.98 Å². The molecule has 0 saturated carbocycles. The van der Waals surface area contributed by atoms with Crippen LogP contribution in [0.5, 0.6) is 0 Å². The summed E-state index contributed by atoms with van der Waals surface area (Å²) in [5.41, 5.74) is 1.17. The van der Waals surface area contributed by atoms with Crippen molar-refractivity contribution in [1.82, 2.24) is 25.4 Å². The van der Waals surface area contributed by atoms with E-state index in [0.29, 0.717) is 5.92 Å². The van der Waals surface area contributed by atoms with Gasteiger partial charge in [0.05, 0.1) is 12.2 Å². The molecule has 0 aromatic carbocycles. The van der Waals surface area contributed by atoms with Crippen LogP contribution in [0, 0.1) is 0 Å². The average Bonchev–Trinajstić information content (AvgIpc) is 3.08. The van der Waals surface area contributed by atoms with Gasteiger partial charge >= 0.3 is 0 Å². The normalized spacial score (nSPS) is 17.5. The molecule has 24 heavy (non-hydrogen) atoms. The fraction of sp³-hybridized carbons (Fsp3) is 0.765. The molecule has 0 spiro atoms. The number of aliphatic imine (C=N–C) groups is 1. The number of rotatable bonds is 7. The monoisotopic (exact) mass is 352 g/mol. The minimum absolute atomic E-state index is 0.487. The fourth-order valence-electron chi connectivity index (χ4n) is 2.71. The zero-order chi connectivity index (χ0) is 17.4. The van der Waals surface area contributed by atoms with Crippen molar-refractivity contribution in [3.63, 3.8) is 0 Å². The minimum atomic E-state index is 0.487. The van der Waals surface area contributed by atoms with Gasteiger partial charge in [-0.3, -0.25) is 9.89 Å². The van der Waals surface area contributed by atoms with Crippen LogP contribution >= 0.6 is 11.3 Å². The summed E-state index contributed by atoms with van der Waals surface area (Å²) in [6.45, 7) is 15.2. The number of nitrogens with zero attached hydrogens (tertiary/aromatic N) is 4.